The fourth-order valence-corrected chi connectivity index (χ4v) is 4.49. The Balaban J connectivity index is 2.23. The van der Waals surface area contributed by atoms with Crippen LogP contribution in [0, 0.1) is 23.0 Å². The Labute approximate surface area is 180 Å². The van der Waals surface area contributed by atoms with Crippen LogP contribution in [-0.4, -0.2) is 27.2 Å². The Morgan fingerprint density at radius 1 is 1.16 bits per heavy atom. The lowest BCUT2D eigenvalue weighted by molar-refractivity contribution is -0.384. The number of rotatable bonds is 6. The van der Waals surface area contributed by atoms with Crippen molar-refractivity contribution in [1.29, 1.82) is 0 Å². The number of hydrogen-bond acceptors (Lipinski definition) is 6. The summed E-state index contributed by atoms with van der Waals surface area (Å²) in [6.07, 6.45) is 0.0749. The summed E-state index contributed by atoms with van der Waals surface area (Å²) in [6, 6.07) is 13.5. The standard InChI is InChI=1S/C24H26N2O5/c1-14-8-10-18(11-9-14)25-20-13-24(4,29)23(16(3)28)22(21(20)15(2)27)17-6-5-7-19(12-17)26(30)31/h5-12,22-23,25,29H,13H2,1-4H3/t22-,23+,24-/m0/s1. The maximum absolute atomic E-state index is 12.8. The molecule has 0 saturated heterocycles. The average Bonchev–Trinajstić information content (AvgIpc) is 2.68. The van der Waals surface area contributed by atoms with Crippen LogP contribution >= 0.6 is 0 Å². The van der Waals surface area contributed by atoms with Gasteiger partial charge in [0.15, 0.2) is 5.78 Å². The third-order valence-electron chi connectivity index (χ3n) is 5.78. The first kappa shape index (κ1) is 22.4. The van der Waals surface area contributed by atoms with Crippen molar-refractivity contribution in [1.82, 2.24) is 0 Å². The van der Waals surface area contributed by atoms with Gasteiger partial charge in [0, 0.05) is 41.4 Å². The van der Waals surface area contributed by atoms with E-state index in [4.69, 9.17) is 0 Å². The number of nitrogens with one attached hydrogen (secondary N) is 1. The summed E-state index contributed by atoms with van der Waals surface area (Å²) in [5.41, 5.74) is 1.54. The van der Waals surface area contributed by atoms with Gasteiger partial charge in [0.1, 0.15) is 5.78 Å². The second-order valence-corrected chi connectivity index (χ2v) is 8.39. The quantitative estimate of drug-likeness (QED) is 0.530. The van der Waals surface area contributed by atoms with Crippen LogP contribution in [-0.2, 0) is 9.59 Å². The van der Waals surface area contributed by atoms with Crippen LogP contribution < -0.4 is 5.32 Å². The number of nitrogens with zero attached hydrogens (tertiary/aromatic N) is 1. The van der Waals surface area contributed by atoms with E-state index in [0.29, 0.717) is 16.8 Å². The summed E-state index contributed by atoms with van der Waals surface area (Å²) in [7, 11) is 0. The highest BCUT2D eigenvalue weighted by Gasteiger charge is 2.49. The van der Waals surface area contributed by atoms with Crippen LogP contribution in [0.1, 0.15) is 44.2 Å². The highest BCUT2D eigenvalue weighted by molar-refractivity contribution is 5.98. The van der Waals surface area contributed by atoms with Crippen LogP contribution in [0.5, 0.6) is 0 Å². The monoisotopic (exact) mass is 422 g/mol. The zero-order chi connectivity index (χ0) is 22.9. The predicted octanol–water partition coefficient (Wildman–Crippen LogP) is 4.30. The molecule has 0 unspecified atom stereocenters. The van der Waals surface area contributed by atoms with Crippen LogP contribution in [0.3, 0.4) is 0 Å². The third-order valence-corrected chi connectivity index (χ3v) is 5.78. The fraction of sp³-hybridized carbons (Fsp3) is 0.333. The van der Waals surface area contributed by atoms with Gasteiger partial charge in [-0.05, 0) is 45.4 Å². The first-order valence-corrected chi connectivity index (χ1v) is 10.1. The fourth-order valence-electron chi connectivity index (χ4n) is 4.49. The summed E-state index contributed by atoms with van der Waals surface area (Å²) >= 11 is 0. The topological polar surface area (TPSA) is 110 Å². The summed E-state index contributed by atoms with van der Waals surface area (Å²) in [4.78, 5) is 36.3. The van der Waals surface area contributed by atoms with Gasteiger partial charge < -0.3 is 10.4 Å². The molecule has 162 valence electrons. The number of aryl methyl sites for hydroxylation is 1. The molecule has 0 bridgehead atoms. The van der Waals surface area contributed by atoms with Crippen molar-refractivity contribution < 1.29 is 19.6 Å². The lowest BCUT2D eigenvalue weighted by Gasteiger charge is -2.43. The van der Waals surface area contributed by atoms with E-state index >= 15 is 0 Å². The molecule has 1 aliphatic rings. The zero-order valence-corrected chi connectivity index (χ0v) is 18.0. The van der Waals surface area contributed by atoms with E-state index < -0.39 is 22.4 Å². The lowest BCUT2D eigenvalue weighted by Crippen LogP contribution is -2.48. The van der Waals surface area contributed by atoms with E-state index in [2.05, 4.69) is 5.32 Å². The normalized spacial score (nSPS) is 23.4. The van der Waals surface area contributed by atoms with E-state index in [1.165, 1.54) is 32.0 Å². The van der Waals surface area contributed by atoms with Gasteiger partial charge in [-0.25, -0.2) is 0 Å². The maximum atomic E-state index is 12.8. The number of aliphatic hydroxyl groups is 1. The smallest absolute Gasteiger partial charge is 0.269 e. The van der Waals surface area contributed by atoms with Crippen LogP contribution in [0.2, 0.25) is 0 Å². The third kappa shape index (κ3) is 4.56. The number of non-ortho nitro benzene ring substituents is 1. The number of carbonyl (C=O) groups is 2. The van der Waals surface area contributed by atoms with E-state index in [0.717, 1.165) is 11.3 Å². The molecule has 0 amide bonds. The molecule has 2 N–H and O–H groups in total. The van der Waals surface area contributed by atoms with Crippen LogP contribution in [0.4, 0.5) is 11.4 Å². The molecule has 31 heavy (non-hydrogen) atoms. The number of nitro benzene ring substituents is 1. The Morgan fingerprint density at radius 3 is 2.35 bits per heavy atom. The molecule has 0 spiro atoms. The second kappa shape index (κ2) is 8.43. The van der Waals surface area contributed by atoms with Crippen LogP contribution in [0.25, 0.3) is 0 Å². The Bertz CT molecular complexity index is 1070. The second-order valence-electron chi connectivity index (χ2n) is 8.39. The molecule has 1 aliphatic carbocycles. The number of anilines is 1. The van der Waals surface area contributed by atoms with Gasteiger partial charge in [0.25, 0.3) is 5.69 Å². The molecule has 0 heterocycles. The van der Waals surface area contributed by atoms with Crippen LogP contribution in [0.15, 0.2) is 59.8 Å². The van der Waals surface area contributed by atoms with Crippen molar-refractivity contribution in [3.05, 3.63) is 81.0 Å². The average molecular weight is 422 g/mol. The van der Waals surface area contributed by atoms with Crippen molar-refractivity contribution in [3.63, 3.8) is 0 Å². The zero-order valence-electron chi connectivity index (χ0n) is 18.0. The molecule has 3 atom stereocenters. The lowest BCUT2D eigenvalue weighted by atomic mass is 9.64. The summed E-state index contributed by atoms with van der Waals surface area (Å²) < 4.78 is 0. The van der Waals surface area contributed by atoms with Crippen molar-refractivity contribution in [2.24, 2.45) is 5.92 Å². The van der Waals surface area contributed by atoms with Crippen molar-refractivity contribution in [2.45, 2.75) is 45.6 Å². The minimum absolute atomic E-state index is 0.0749. The summed E-state index contributed by atoms with van der Waals surface area (Å²) in [6.45, 7) is 6.32. The number of nitro groups is 1. The molecule has 0 aromatic heterocycles. The van der Waals surface area contributed by atoms with Gasteiger partial charge in [-0.15, -0.1) is 0 Å². The number of ketones is 2. The van der Waals surface area contributed by atoms with Gasteiger partial charge >= 0.3 is 0 Å². The molecule has 0 aliphatic heterocycles. The minimum atomic E-state index is -1.45. The number of allylic oxidation sites excluding steroid dienone is 1. The molecule has 2 aromatic rings. The number of benzene rings is 2. The van der Waals surface area contributed by atoms with E-state index in [-0.39, 0.29) is 23.7 Å². The molecule has 7 heteroatoms. The number of carbonyl (C=O) groups excluding carboxylic acids is 2. The van der Waals surface area contributed by atoms with Crippen molar-refractivity contribution in [2.75, 3.05) is 5.32 Å². The van der Waals surface area contributed by atoms with E-state index in [9.17, 15) is 24.8 Å². The summed E-state index contributed by atoms with van der Waals surface area (Å²) in [5.74, 6) is -2.27. The first-order valence-electron chi connectivity index (χ1n) is 10.1. The molecule has 0 radical (unpaired) electrons. The van der Waals surface area contributed by atoms with Gasteiger partial charge in [-0.3, -0.25) is 19.7 Å². The van der Waals surface area contributed by atoms with Gasteiger partial charge in [-0.2, -0.15) is 0 Å². The minimum Gasteiger partial charge on any atom is -0.389 e. The Hall–Kier alpha value is -3.32. The summed E-state index contributed by atoms with van der Waals surface area (Å²) in [5, 5.41) is 25.8. The molecule has 0 saturated carbocycles. The highest BCUT2D eigenvalue weighted by atomic mass is 16.6. The maximum Gasteiger partial charge on any atom is 0.269 e. The van der Waals surface area contributed by atoms with Crippen molar-refractivity contribution >= 4 is 22.9 Å². The molecule has 0 fully saturated rings. The molecule has 3 rings (SSSR count). The predicted molar refractivity (Wildman–Crippen MR) is 118 cm³/mol. The van der Waals surface area contributed by atoms with E-state index in [1.54, 1.807) is 13.0 Å². The SMILES string of the molecule is CC(=O)C1=C(Nc2ccc(C)cc2)C[C@](C)(O)[C@H](C(C)=O)[C@H]1c1cccc([N+](=O)[O-])c1. The largest absolute Gasteiger partial charge is 0.389 e. The Kier molecular flexibility index (Phi) is 6.08. The number of Topliss-reactive ketones (excluding diaryl/α,β-unsaturated/α-hetero) is 2. The molecule has 7 nitrogen and oxygen atoms in total. The first-order chi connectivity index (χ1) is 14.5. The Morgan fingerprint density at radius 2 is 1.81 bits per heavy atom. The molecular formula is C24H26N2O5. The van der Waals surface area contributed by atoms with Gasteiger partial charge in [0.05, 0.1) is 16.4 Å². The van der Waals surface area contributed by atoms with Crippen molar-refractivity contribution in [3.8, 4) is 0 Å². The van der Waals surface area contributed by atoms with Gasteiger partial charge in [0.2, 0.25) is 0 Å². The number of hydrogen-bond donors (Lipinski definition) is 2. The molecule has 2 aromatic carbocycles. The highest BCUT2D eigenvalue weighted by Crippen LogP contribution is 2.48. The van der Waals surface area contributed by atoms with Gasteiger partial charge in [-0.1, -0.05) is 29.8 Å². The van der Waals surface area contributed by atoms with E-state index in [1.807, 2.05) is 31.2 Å². The molecular weight excluding hydrogens is 396 g/mol.